The summed E-state index contributed by atoms with van der Waals surface area (Å²) in [6, 6.07) is 7.41. The minimum Gasteiger partial charge on any atom is -0.344 e. The zero-order valence-corrected chi connectivity index (χ0v) is 16.8. The number of nitrogens with one attached hydrogen (secondary N) is 2. The van der Waals surface area contributed by atoms with E-state index in [1.54, 1.807) is 0 Å². The molecule has 2 N–H and O–H groups in total. The highest BCUT2D eigenvalue weighted by molar-refractivity contribution is 5.97. The van der Waals surface area contributed by atoms with E-state index >= 15 is 0 Å². The monoisotopic (exact) mass is 358 g/mol. The number of hydrogen-bond donors (Lipinski definition) is 2. The van der Waals surface area contributed by atoms with Gasteiger partial charge in [0.15, 0.2) is 0 Å². The number of amides is 2. The molecule has 1 fully saturated rings. The molecule has 0 bridgehead atoms. The molecule has 0 aromatic heterocycles. The summed E-state index contributed by atoms with van der Waals surface area (Å²) in [6.07, 6.45) is 4.05. The lowest BCUT2D eigenvalue weighted by Crippen LogP contribution is -2.49. The number of rotatable bonds is 6. The highest BCUT2D eigenvalue weighted by atomic mass is 16.2. The van der Waals surface area contributed by atoms with Crippen LogP contribution in [0, 0.1) is 17.8 Å². The van der Waals surface area contributed by atoms with Crippen LogP contribution in [0.2, 0.25) is 0 Å². The van der Waals surface area contributed by atoms with E-state index in [-0.39, 0.29) is 23.7 Å². The summed E-state index contributed by atoms with van der Waals surface area (Å²) < 4.78 is 0. The molecule has 144 valence electrons. The van der Waals surface area contributed by atoms with Crippen LogP contribution in [0.25, 0.3) is 0 Å². The van der Waals surface area contributed by atoms with Gasteiger partial charge in [-0.25, -0.2) is 0 Å². The van der Waals surface area contributed by atoms with E-state index in [1.165, 1.54) is 5.56 Å². The van der Waals surface area contributed by atoms with E-state index in [0.29, 0.717) is 11.8 Å². The van der Waals surface area contributed by atoms with Gasteiger partial charge in [-0.2, -0.15) is 0 Å². The summed E-state index contributed by atoms with van der Waals surface area (Å²) in [6.45, 7) is 10.5. The second kappa shape index (κ2) is 9.20. The molecule has 1 aromatic rings. The van der Waals surface area contributed by atoms with E-state index in [4.69, 9.17) is 0 Å². The zero-order chi connectivity index (χ0) is 19.3. The van der Waals surface area contributed by atoms with Gasteiger partial charge in [0, 0.05) is 11.6 Å². The van der Waals surface area contributed by atoms with Crippen molar-refractivity contribution in [2.24, 2.45) is 17.8 Å². The Kier molecular flexibility index (Phi) is 7.24. The number of anilines is 1. The third-order valence-electron chi connectivity index (χ3n) is 5.48. The Labute approximate surface area is 158 Å². The number of hydrogen-bond acceptors (Lipinski definition) is 2. The third kappa shape index (κ3) is 5.58. The van der Waals surface area contributed by atoms with Gasteiger partial charge in [-0.3, -0.25) is 9.59 Å². The highest BCUT2D eigenvalue weighted by Crippen LogP contribution is 2.28. The van der Waals surface area contributed by atoms with E-state index in [9.17, 15) is 9.59 Å². The highest BCUT2D eigenvalue weighted by Gasteiger charge is 2.29. The van der Waals surface area contributed by atoms with Crippen molar-refractivity contribution >= 4 is 17.5 Å². The van der Waals surface area contributed by atoms with Crippen LogP contribution in [0.15, 0.2) is 24.3 Å². The minimum atomic E-state index is -0.508. The maximum atomic E-state index is 12.7. The quantitative estimate of drug-likeness (QED) is 0.773. The van der Waals surface area contributed by atoms with Crippen molar-refractivity contribution < 1.29 is 9.59 Å². The summed E-state index contributed by atoms with van der Waals surface area (Å²) in [7, 11) is 0. The van der Waals surface area contributed by atoms with Crippen molar-refractivity contribution in [3.05, 3.63) is 29.8 Å². The lowest BCUT2D eigenvalue weighted by atomic mass is 9.82. The molecule has 26 heavy (non-hydrogen) atoms. The van der Waals surface area contributed by atoms with Gasteiger partial charge in [-0.05, 0) is 61.1 Å². The van der Waals surface area contributed by atoms with Gasteiger partial charge in [-0.1, -0.05) is 46.8 Å². The van der Waals surface area contributed by atoms with Crippen molar-refractivity contribution in [3.63, 3.8) is 0 Å². The second-order valence-corrected chi connectivity index (χ2v) is 8.45. The molecular weight excluding hydrogens is 324 g/mol. The number of benzene rings is 1. The van der Waals surface area contributed by atoms with Gasteiger partial charge in [0.25, 0.3) is 0 Å². The lowest BCUT2D eigenvalue weighted by molar-refractivity contribution is -0.131. The van der Waals surface area contributed by atoms with Crippen LogP contribution in [0.4, 0.5) is 5.69 Å². The maximum Gasteiger partial charge on any atom is 0.247 e. The lowest BCUT2D eigenvalue weighted by Gasteiger charge is -2.28. The molecule has 0 spiro atoms. The standard InChI is InChI=1S/C22H34N2O2/c1-14(2)17-10-12-19(13-11-17)23-22(26)20(15(3)4)24-21(25)18-8-6-16(5)7-9-18/h10-16,18,20H,6-9H2,1-5H3,(H,23,26)(H,24,25)/t16?,18?,20-/m0/s1. The van der Waals surface area contributed by atoms with E-state index < -0.39 is 6.04 Å². The first-order chi connectivity index (χ1) is 12.3. The smallest absolute Gasteiger partial charge is 0.247 e. The van der Waals surface area contributed by atoms with Gasteiger partial charge >= 0.3 is 0 Å². The average Bonchev–Trinajstić information content (AvgIpc) is 2.60. The summed E-state index contributed by atoms with van der Waals surface area (Å²) in [5, 5.41) is 5.95. The summed E-state index contributed by atoms with van der Waals surface area (Å²) in [4.78, 5) is 25.3. The molecule has 4 nitrogen and oxygen atoms in total. The molecule has 1 aliphatic rings. The fourth-order valence-corrected chi connectivity index (χ4v) is 3.50. The number of carbonyl (C=O) groups is 2. The van der Waals surface area contributed by atoms with Crippen LogP contribution in [0.3, 0.4) is 0 Å². The molecule has 2 amide bonds. The Morgan fingerprint density at radius 1 is 0.962 bits per heavy atom. The molecule has 0 unspecified atom stereocenters. The summed E-state index contributed by atoms with van der Waals surface area (Å²) in [5.41, 5.74) is 2.01. The minimum absolute atomic E-state index is 0.0286. The van der Waals surface area contributed by atoms with Crippen LogP contribution in [0.1, 0.15) is 71.8 Å². The van der Waals surface area contributed by atoms with Crippen molar-refractivity contribution in [1.29, 1.82) is 0 Å². The summed E-state index contributed by atoms with van der Waals surface area (Å²) >= 11 is 0. The third-order valence-corrected chi connectivity index (χ3v) is 5.48. The Hall–Kier alpha value is -1.84. The molecule has 1 aliphatic carbocycles. The van der Waals surface area contributed by atoms with E-state index in [0.717, 1.165) is 31.4 Å². The molecular formula is C22H34N2O2. The van der Waals surface area contributed by atoms with Gasteiger partial charge in [0.1, 0.15) is 6.04 Å². The van der Waals surface area contributed by atoms with Crippen molar-refractivity contribution in [2.75, 3.05) is 5.32 Å². The Balaban J connectivity index is 1.97. The molecule has 0 radical (unpaired) electrons. The van der Waals surface area contributed by atoms with E-state index in [2.05, 4.69) is 31.4 Å². The molecule has 0 heterocycles. The fraction of sp³-hybridized carbons (Fsp3) is 0.636. The van der Waals surface area contributed by atoms with Gasteiger partial charge in [-0.15, -0.1) is 0 Å². The fourth-order valence-electron chi connectivity index (χ4n) is 3.50. The normalized spacial score (nSPS) is 21.5. The van der Waals surface area contributed by atoms with Crippen molar-refractivity contribution in [2.45, 2.75) is 72.3 Å². The zero-order valence-electron chi connectivity index (χ0n) is 16.8. The molecule has 1 atom stereocenters. The van der Waals surface area contributed by atoms with Crippen LogP contribution < -0.4 is 10.6 Å². The Morgan fingerprint density at radius 3 is 2.04 bits per heavy atom. The molecule has 0 saturated heterocycles. The van der Waals surface area contributed by atoms with Crippen molar-refractivity contribution in [3.8, 4) is 0 Å². The topological polar surface area (TPSA) is 58.2 Å². The predicted molar refractivity (Wildman–Crippen MR) is 107 cm³/mol. The number of carbonyl (C=O) groups excluding carboxylic acids is 2. The van der Waals surface area contributed by atoms with Crippen LogP contribution in [0.5, 0.6) is 0 Å². The Bertz CT molecular complexity index is 599. The van der Waals surface area contributed by atoms with Gasteiger partial charge in [0.05, 0.1) is 0 Å². The summed E-state index contributed by atoms with van der Waals surface area (Å²) in [5.74, 6) is 1.13. The maximum absolute atomic E-state index is 12.7. The van der Waals surface area contributed by atoms with Gasteiger partial charge in [0.2, 0.25) is 11.8 Å². The Morgan fingerprint density at radius 2 is 1.54 bits per heavy atom. The molecule has 4 heteroatoms. The van der Waals surface area contributed by atoms with Gasteiger partial charge < -0.3 is 10.6 Å². The first kappa shape index (κ1) is 20.5. The van der Waals surface area contributed by atoms with Crippen LogP contribution in [-0.2, 0) is 9.59 Å². The molecule has 1 saturated carbocycles. The SMILES string of the molecule is CC1CCC(C(=O)N[C@H](C(=O)Nc2ccc(C(C)C)cc2)C(C)C)CC1. The molecule has 2 rings (SSSR count). The van der Waals surface area contributed by atoms with Crippen LogP contribution in [-0.4, -0.2) is 17.9 Å². The first-order valence-electron chi connectivity index (χ1n) is 9.99. The largest absolute Gasteiger partial charge is 0.344 e. The molecule has 0 aliphatic heterocycles. The molecule has 1 aromatic carbocycles. The van der Waals surface area contributed by atoms with Crippen molar-refractivity contribution in [1.82, 2.24) is 5.32 Å². The first-order valence-corrected chi connectivity index (χ1v) is 9.99. The van der Waals surface area contributed by atoms with Crippen LogP contribution >= 0.6 is 0 Å². The second-order valence-electron chi connectivity index (χ2n) is 8.45. The predicted octanol–water partition coefficient (Wildman–Crippen LogP) is 4.72. The van der Waals surface area contributed by atoms with E-state index in [1.807, 2.05) is 38.1 Å². The average molecular weight is 359 g/mol.